The van der Waals surface area contributed by atoms with E-state index in [0.29, 0.717) is 14.8 Å². The van der Waals surface area contributed by atoms with E-state index in [1.165, 1.54) is 60.1 Å². The largest absolute Gasteiger partial charge is 0.508 e. The number of benzene rings is 3. The van der Waals surface area contributed by atoms with E-state index < -0.39 is 82.8 Å². The summed E-state index contributed by atoms with van der Waals surface area (Å²) in [4.78, 5) is 70.5. The van der Waals surface area contributed by atoms with Crippen molar-refractivity contribution in [1.29, 1.82) is 0 Å². The number of ether oxygens (including phenoxy) is 1. The summed E-state index contributed by atoms with van der Waals surface area (Å²) in [5.41, 5.74) is -1.88. The van der Waals surface area contributed by atoms with Crippen molar-refractivity contribution in [3.05, 3.63) is 114 Å². The number of carbonyl (C=O) groups excluding carboxylic acids is 3. The number of aromatic hydroxyl groups is 2. The van der Waals surface area contributed by atoms with Crippen LogP contribution in [0.3, 0.4) is 0 Å². The number of halogens is 3. The molecular formula is C43H44F2IN9O9. The molecule has 21 heteroatoms. The summed E-state index contributed by atoms with van der Waals surface area (Å²) >= 11 is 1.88. The van der Waals surface area contributed by atoms with Gasteiger partial charge in [0.2, 0.25) is 11.6 Å². The lowest BCUT2D eigenvalue weighted by molar-refractivity contribution is -0.150. The van der Waals surface area contributed by atoms with Gasteiger partial charge in [0.15, 0.2) is 11.5 Å². The van der Waals surface area contributed by atoms with Gasteiger partial charge in [-0.15, -0.1) is 10.2 Å². The molecule has 64 heavy (non-hydrogen) atoms. The Balaban J connectivity index is 1.18. The summed E-state index contributed by atoms with van der Waals surface area (Å²) in [7, 11) is 1.21. The van der Waals surface area contributed by atoms with Gasteiger partial charge in [0.05, 0.1) is 23.5 Å². The molecule has 18 nitrogen and oxygen atoms in total. The van der Waals surface area contributed by atoms with Crippen LogP contribution in [0.15, 0.2) is 70.5 Å². The molecule has 336 valence electrons. The number of rotatable bonds is 15. The lowest BCUT2D eigenvalue weighted by Gasteiger charge is -2.22. The van der Waals surface area contributed by atoms with Crippen molar-refractivity contribution in [2.24, 2.45) is 13.0 Å². The molecule has 0 spiro atoms. The second kappa shape index (κ2) is 19.3. The number of aliphatic hydroxyl groups excluding tert-OH is 1. The fraction of sp³-hybridized carbons (Fsp3) is 0.302. The van der Waals surface area contributed by atoms with Crippen LogP contribution in [0.5, 0.6) is 11.5 Å². The highest BCUT2D eigenvalue weighted by atomic mass is 127. The maximum absolute atomic E-state index is 15.4. The van der Waals surface area contributed by atoms with Crippen LogP contribution in [0.1, 0.15) is 67.1 Å². The number of aromatic nitrogens is 6. The maximum atomic E-state index is 15.4. The van der Waals surface area contributed by atoms with Gasteiger partial charge in [0, 0.05) is 34.5 Å². The van der Waals surface area contributed by atoms with E-state index in [2.05, 4.69) is 31.1 Å². The van der Waals surface area contributed by atoms with Crippen molar-refractivity contribution >= 4 is 62.8 Å². The number of phenols is 2. The third kappa shape index (κ3) is 9.58. The van der Waals surface area contributed by atoms with E-state index in [9.17, 15) is 43.7 Å². The van der Waals surface area contributed by atoms with Crippen molar-refractivity contribution in [3.63, 3.8) is 0 Å². The quantitative estimate of drug-likeness (QED) is 0.0609. The van der Waals surface area contributed by atoms with Crippen LogP contribution in [-0.2, 0) is 23.1 Å². The molecule has 6 N–H and O–H groups in total. The third-order valence-electron chi connectivity index (χ3n) is 10.1. The number of anilines is 2. The minimum Gasteiger partial charge on any atom is -0.508 e. The number of phenolic OH excluding ortho intramolecular Hbond substituents is 2. The number of aliphatic hydroxyl groups is 1. The topological polar surface area (TPSA) is 245 Å². The summed E-state index contributed by atoms with van der Waals surface area (Å²) in [6, 6.07) is 11.5. The van der Waals surface area contributed by atoms with Gasteiger partial charge in [-0.2, -0.15) is 4.39 Å². The molecule has 0 aliphatic carbocycles. The van der Waals surface area contributed by atoms with Gasteiger partial charge in [0.1, 0.15) is 47.8 Å². The van der Waals surface area contributed by atoms with Crippen LogP contribution in [0.2, 0.25) is 0 Å². The Morgan fingerprint density at radius 1 is 0.922 bits per heavy atom. The monoisotopic (exact) mass is 995 g/mol. The minimum atomic E-state index is -1.51. The van der Waals surface area contributed by atoms with Gasteiger partial charge in [-0.05, 0) is 95.4 Å². The number of pyridine rings is 1. The van der Waals surface area contributed by atoms with Crippen molar-refractivity contribution in [3.8, 4) is 28.6 Å². The van der Waals surface area contributed by atoms with Crippen LogP contribution >= 0.6 is 22.6 Å². The summed E-state index contributed by atoms with van der Waals surface area (Å²) in [5.74, 6) is -5.34. The highest BCUT2D eigenvalue weighted by Crippen LogP contribution is 2.38. The van der Waals surface area contributed by atoms with Crippen molar-refractivity contribution in [2.75, 3.05) is 18.5 Å². The van der Waals surface area contributed by atoms with Crippen molar-refractivity contribution in [1.82, 2.24) is 39.5 Å². The number of esters is 1. The third-order valence-corrected chi connectivity index (χ3v) is 10.8. The van der Waals surface area contributed by atoms with Gasteiger partial charge in [-0.1, -0.05) is 27.7 Å². The molecule has 2 atom stereocenters. The SMILES string of the molecule is CCNC(=O)c1nnc(-c2cc(C(C)C)c(O)cc2O)n1-c1ccc(C(=O)N[C@@H](C(=O)OC[C@@H](O)Cn2cnc3c(c(Nc4ccc(I)cc4F)c(F)c(=O)n3C)c2=O)C(C)C)cc1. The van der Waals surface area contributed by atoms with Crippen LogP contribution < -0.4 is 27.1 Å². The number of hydrogen-bond acceptors (Lipinski definition) is 13. The molecule has 0 unspecified atom stereocenters. The zero-order valence-corrected chi connectivity index (χ0v) is 37.5. The first-order chi connectivity index (χ1) is 30.3. The van der Waals surface area contributed by atoms with Gasteiger partial charge in [-0.25, -0.2) is 14.2 Å². The van der Waals surface area contributed by atoms with Crippen LogP contribution in [0.25, 0.3) is 28.1 Å². The number of aryl methyl sites for hydroxylation is 1. The number of nitrogens with zero attached hydrogens (tertiary/aromatic N) is 6. The number of hydrogen-bond donors (Lipinski definition) is 6. The molecule has 3 heterocycles. The van der Waals surface area contributed by atoms with Crippen LogP contribution in [-0.4, -0.2) is 87.3 Å². The Bertz CT molecular complexity index is 2900. The standard InChI is InChI=1S/C43H44F2IN9O9/c1-7-47-40(60)38-52-51-36(27-15-26(20(2)3)30(57)16-31(27)58)55(38)24-11-8-22(9-12-24)39(59)50-34(21(4)5)43(63)64-18-25(56)17-54-19-48-37-32(41(54)61)35(33(45)42(62)53(37)6)49-29-13-10-23(46)14-28(29)44/h8-16,19-21,25,34,49,56-58H,7,17-18H2,1-6H3,(H,47,60)(H,50,59)/t25-,34+/m0/s1. The van der Waals surface area contributed by atoms with Gasteiger partial charge in [0.25, 0.3) is 22.9 Å². The zero-order chi connectivity index (χ0) is 46.7. The summed E-state index contributed by atoms with van der Waals surface area (Å²) < 4.78 is 39.2. The molecule has 6 aromatic rings. The Hall–Kier alpha value is -6.75. The first-order valence-corrected chi connectivity index (χ1v) is 21.0. The molecular weight excluding hydrogens is 951 g/mol. The molecule has 6 rings (SSSR count). The second-order valence-corrected chi connectivity index (χ2v) is 16.6. The highest BCUT2D eigenvalue weighted by Gasteiger charge is 2.29. The van der Waals surface area contributed by atoms with Crippen LogP contribution in [0, 0.1) is 21.1 Å². The molecule has 3 aromatic heterocycles. The fourth-order valence-electron chi connectivity index (χ4n) is 6.74. The Kier molecular flexibility index (Phi) is 14.1. The molecule has 3 aromatic carbocycles. The van der Waals surface area contributed by atoms with Gasteiger partial charge < -0.3 is 36.0 Å². The summed E-state index contributed by atoms with van der Waals surface area (Å²) in [6.45, 7) is 7.91. The molecule has 0 saturated heterocycles. The van der Waals surface area contributed by atoms with Gasteiger partial charge >= 0.3 is 5.97 Å². The Morgan fingerprint density at radius 3 is 2.27 bits per heavy atom. The Morgan fingerprint density at radius 2 is 1.62 bits per heavy atom. The van der Waals surface area contributed by atoms with E-state index in [0.717, 1.165) is 15.5 Å². The smallest absolute Gasteiger partial charge is 0.329 e. The normalized spacial score (nSPS) is 12.4. The van der Waals surface area contributed by atoms with Crippen molar-refractivity contribution < 1.29 is 43.2 Å². The van der Waals surface area contributed by atoms with E-state index in [4.69, 9.17) is 4.74 Å². The molecule has 2 amide bonds. The number of fused-ring (bicyclic) bond motifs is 1. The predicted molar refractivity (Wildman–Crippen MR) is 239 cm³/mol. The fourth-order valence-corrected chi connectivity index (χ4v) is 7.20. The van der Waals surface area contributed by atoms with E-state index in [1.54, 1.807) is 26.8 Å². The number of nitrogens with one attached hydrogen (secondary N) is 3. The van der Waals surface area contributed by atoms with E-state index >= 15 is 4.39 Å². The first-order valence-electron chi connectivity index (χ1n) is 19.9. The molecule has 0 fully saturated rings. The maximum Gasteiger partial charge on any atom is 0.329 e. The lowest BCUT2D eigenvalue weighted by Crippen LogP contribution is -2.46. The Labute approximate surface area is 377 Å². The summed E-state index contributed by atoms with van der Waals surface area (Å²) in [5, 5.41) is 47.9. The number of carbonyl (C=O) groups is 3. The molecule has 0 radical (unpaired) electrons. The summed E-state index contributed by atoms with van der Waals surface area (Å²) in [6.07, 6.45) is -0.484. The van der Waals surface area contributed by atoms with Crippen molar-refractivity contribution in [2.45, 2.75) is 59.2 Å². The molecule has 0 saturated carbocycles. The highest BCUT2D eigenvalue weighted by molar-refractivity contribution is 14.1. The molecule has 0 bridgehead atoms. The first kappa shape index (κ1) is 46.7. The molecule has 0 aliphatic heterocycles. The minimum absolute atomic E-state index is 0.0848. The average Bonchev–Trinajstić information content (AvgIpc) is 3.69. The average molecular weight is 996 g/mol. The predicted octanol–water partition coefficient (Wildman–Crippen LogP) is 4.61. The number of amides is 2. The second-order valence-electron chi connectivity index (χ2n) is 15.4. The van der Waals surface area contributed by atoms with Crippen LogP contribution in [0.4, 0.5) is 20.2 Å². The van der Waals surface area contributed by atoms with Gasteiger partial charge in [-0.3, -0.25) is 32.9 Å². The molecule has 0 aliphatic rings. The lowest BCUT2D eigenvalue weighted by atomic mass is 9.98. The van der Waals surface area contributed by atoms with E-state index in [1.807, 2.05) is 36.4 Å². The zero-order valence-electron chi connectivity index (χ0n) is 35.3. The van der Waals surface area contributed by atoms with E-state index in [-0.39, 0.29) is 58.1 Å².